The van der Waals surface area contributed by atoms with Crippen molar-refractivity contribution in [1.82, 2.24) is 5.43 Å². The van der Waals surface area contributed by atoms with Gasteiger partial charge in [0.25, 0.3) is 0 Å². The molecule has 4 heteroatoms. The molecular weight excluding hydrogens is 243 g/mol. The quantitative estimate of drug-likeness (QED) is 0.636. The summed E-state index contributed by atoms with van der Waals surface area (Å²) in [6.07, 6.45) is 6.09. The standard InChI is InChI=1S/C15H23FN2O/c1-19-15(11-6-3-2-4-7-11)14(18-17)12-8-5-9-13(16)10-12/h5,8-11,14-15,18H,2-4,6-7,17H2,1H3. The van der Waals surface area contributed by atoms with Crippen molar-refractivity contribution >= 4 is 0 Å². The minimum Gasteiger partial charge on any atom is -0.379 e. The van der Waals surface area contributed by atoms with Crippen LogP contribution in [0.4, 0.5) is 4.39 Å². The highest BCUT2D eigenvalue weighted by molar-refractivity contribution is 5.21. The Morgan fingerprint density at radius 2 is 2.05 bits per heavy atom. The van der Waals surface area contributed by atoms with Crippen molar-refractivity contribution < 1.29 is 9.13 Å². The number of nitrogens with two attached hydrogens (primary N) is 1. The second kappa shape index (κ2) is 6.98. The fourth-order valence-corrected chi connectivity index (χ4v) is 3.14. The molecule has 0 aliphatic heterocycles. The minimum atomic E-state index is -0.240. The Hall–Kier alpha value is -0.970. The molecule has 19 heavy (non-hydrogen) atoms. The zero-order chi connectivity index (χ0) is 13.7. The topological polar surface area (TPSA) is 47.3 Å². The van der Waals surface area contributed by atoms with Crippen LogP contribution < -0.4 is 11.3 Å². The molecule has 0 aromatic heterocycles. The van der Waals surface area contributed by atoms with E-state index in [4.69, 9.17) is 10.6 Å². The lowest BCUT2D eigenvalue weighted by molar-refractivity contribution is 0.00744. The number of methoxy groups -OCH3 is 1. The van der Waals surface area contributed by atoms with E-state index in [-0.39, 0.29) is 18.0 Å². The molecule has 0 saturated heterocycles. The van der Waals surface area contributed by atoms with Crippen molar-refractivity contribution in [3.05, 3.63) is 35.6 Å². The SMILES string of the molecule is COC(C1CCCCC1)C(NN)c1cccc(F)c1. The summed E-state index contributed by atoms with van der Waals surface area (Å²) in [6.45, 7) is 0. The van der Waals surface area contributed by atoms with Gasteiger partial charge in [-0.05, 0) is 36.5 Å². The number of hydrogen-bond donors (Lipinski definition) is 2. The Morgan fingerprint density at radius 1 is 1.32 bits per heavy atom. The van der Waals surface area contributed by atoms with E-state index >= 15 is 0 Å². The largest absolute Gasteiger partial charge is 0.379 e. The first-order valence-electron chi connectivity index (χ1n) is 7.00. The molecule has 1 aliphatic rings. The van der Waals surface area contributed by atoms with Crippen LogP contribution in [-0.4, -0.2) is 13.2 Å². The van der Waals surface area contributed by atoms with Crippen LogP contribution >= 0.6 is 0 Å². The number of halogens is 1. The molecular formula is C15H23FN2O. The fraction of sp³-hybridized carbons (Fsp3) is 0.600. The highest BCUT2D eigenvalue weighted by atomic mass is 19.1. The van der Waals surface area contributed by atoms with Gasteiger partial charge in [-0.2, -0.15) is 0 Å². The normalized spacial score (nSPS) is 20.2. The van der Waals surface area contributed by atoms with Crippen LogP contribution in [0.15, 0.2) is 24.3 Å². The highest BCUT2D eigenvalue weighted by Gasteiger charge is 2.31. The maximum Gasteiger partial charge on any atom is 0.123 e. The second-order valence-corrected chi connectivity index (χ2v) is 5.30. The van der Waals surface area contributed by atoms with Crippen molar-refractivity contribution in [3.8, 4) is 0 Å². The molecule has 2 rings (SSSR count). The lowest BCUT2D eigenvalue weighted by atomic mass is 9.81. The van der Waals surface area contributed by atoms with E-state index in [9.17, 15) is 4.39 Å². The minimum absolute atomic E-state index is 0.00731. The van der Waals surface area contributed by atoms with Crippen LogP contribution in [0.1, 0.15) is 43.7 Å². The van der Waals surface area contributed by atoms with Crippen LogP contribution in [0.2, 0.25) is 0 Å². The van der Waals surface area contributed by atoms with Gasteiger partial charge in [0, 0.05) is 7.11 Å². The van der Waals surface area contributed by atoms with Crippen LogP contribution in [0.25, 0.3) is 0 Å². The lowest BCUT2D eigenvalue weighted by Crippen LogP contribution is -2.42. The predicted octanol–water partition coefficient (Wildman–Crippen LogP) is 2.93. The average molecular weight is 266 g/mol. The molecule has 1 aliphatic carbocycles. The van der Waals surface area contributed by atoms with Gasteiger partial charge in [0.2, 0.25) is 0 Å². The van der Waals surface area contributed by atoms with E-state index in [0.717, 1.165) is 18.4 Å². The molecule has 3 nitrogen and oxygen atoms in total. The van der Waals surface area contributed by atoms with Gasteiger partial charge < -0.3 is 4.74 Å². The Labute approximate surface area is 114 Å². The summed E-state index contributed by atoms with van der Waals surface area (Å²) < 4.78 is 19.0. The van der Waals surface area contributed by atoms with E-state index in [1.165, 1.54) is 31.4 Å². The molecule has 106 valence electrons. The Kier molecular flexibility index (Phi) is 5.31. The van der Waals surface area contributed by atoms with Gasteiger partial charge in [-0.25, -0.2) is 4.39 Å². The number of hydrazine groups is 1. The van der Waals surface area contributed by atoms with E-state index in [0.29, 0.717) is 5.92 Å². The summed E-state index contributed by atoms with van der Waals surface area (Å²) >= 11 is 0. The number of rotatable bonds is 5. The fourth-order valence-electron chi connectivity index (χ4n) is 3.14. The molecule has 1 aromatic carbocycles. The molecule has 0 bridgehead atoms. The van der Waals surface area contributed by atoms with Gasteiger partial charge in [-0.15, -0.1) is 0 Å². The summed E-state index contributed by atoms with van der Waals surface area (Å²) in [5.74, 6) is 5.93. The summed E-state index contributed by atoms with van der Waals surface area (Å²) in [7, 11) is 1.71. The zero-order valence-electron chi connectivity index (χ0n) is 11.4. The van der Waals surface area contributed by atoms with Gasteiger partial charge in [-0.3, -0.25) is 11.3 Å². The van der Waals surface area contributed by atoms with E-state index in [1.54, 1.807) is 13.2 Å². The molecule has 0 amide bonds. The van der Waals surface area contributed by atoms with Crippen molar-refractivity contribution in [1.29, 1.82) is 0 Å². The van der Waals surface area contributed by atoms with Gasteiger partial charge in [-0.1, -0.05) is 31.4 Å². The number of nitrogens with one attached hydrogen (secondary N) is 1. The Morgan fingerprint density at radius 3 is 2.63 bits per heavy atom. The second-order valence-electron chi connectivity index (χ2n) is 5.30. The lowest BCUT2D eigenvalue weighted by Gasteiger charge is -2.34. The molecule has 2 unspecified atom stereocenters. The average Bonchev–Trinajstić information content (AvgIpc) is 2.45. The summed E-state index contributed by atoms with van der Waals surface area (Å²) in [4.78, 5) is 0. The molecule has 0 heterocycles. The van der Waals surface area contributed by atoms with Crippen molar-refractivity contribution in [2.24, 2.45) is 11.8 Å². The van der Waals surface area contributed by atoms with Crippen LogP contribution in [0.3, 0.4) is 0 Å². The molecule has 0 radical (unpaired) electrons. The third-order valence-corrected chi connectivity index (χ3v) is 4.10. The molecule has 1 aromatic rings. The zero-order valence-corrected chi connectivity index (χ0v) is 11.4. The first-order chi connectivity index (χ1) is 9.26. The first-order valence-corrected chi connectivity index (χ1v) is 7.00. The monoisotopic (exact) mass is 266 g/mol. The van der Waals surface area contributed by atoms with E-state index in [1.807, 2.05) is 6.07 Å². The third kappa shape index (κ3) is 3.53. The van der Waals surface area contributed by atoms with Gasteiger partial charge in [0.05, 0.1) is 12.1 Å². The number of benzene rings is 1. The molecule has 1 fully saturated rings. The maximum atomic E-state index is 13.4. The smallest absolute Gasteiger partial charge is 0.123 e. The Balaban J connectivity index is 2.17. The molecule has 3 N–H and O–H groups in total. The van der Waals surface area contributed by atoms with Crippen LogP contribution in [0, 0.1) is 11.7 Å². The maximum absolute atomic E-state index is 13.4. The van der Waals surface area contributed by atoms with Crippen LogP contribution in [-0.2, 0) is 4.74 Å². The summed E-state index contributed by atoms with van der Waals surface area (Å²) in [5.41, 5.74) is 3.65. The summed E-state index contributed by atoms with van der Waals surface area (Å²) in [6, 6.07) is 6.41. The van der Waals surface area contributed by atoms with Crippen molar-refractivity contribution in [3.63, 3.8) is 0 Å². The van der Waals surface area contributed by atoms with Gasteiger partial charge in [0.15, 0.2) is 0 Å². The summed E-state index contributed by atoms with van der Waals surface area (Å²) in [5, 5.41) is 0. The van der Waals surface area contributed by atoms with Gasteiger partial charge in [0.1, 0.15) is 5.82 Å². The molecule has 1 saturated carbocycles. The van der Waals surface area contributed by atoms with Crippen LogP contribution in [0.5, 0.6) is 0 Å². The Bertz CT molecular complexity index is 393. The predicted molar refractivity (Wildman–Crippen MR) is 73.8 cm³/mol. The molecule has 2 atom stereocenters. The number of hydrogen-bond acceptors (Lipinski definition) is 3. The van der Waals surface area contributed by atoms with Crippen molar-refractivity contribution in [2.75, 3.05) is 7.11 Å². The number of ether oxygens (including phenoxy) is 1. The first kappa shape index (κ1) is 14.4. The highest BCUT2D eigenvalue weighted by Crippen LogP contribution is 2.33. The van der Waals surface area contributed by atoms with E-state index in [2.05, 4.69) is 5.43 Å². The molecule has 0 spiro atoms. The van der Waals surface area contributed by atoms with E-state index < -0.39 is 0 Å². The van der Waals surface area contributed by atoms with Gasteiger partial charge >= 0.3 is 0 Å². The third-order valence-electron chi connectivity index (χ3n) is 4.10. The van der Waals surface area contributed by atoms with Crippen molar-refractivity contribution in [2.45, 2.75) is 44.2 Å².